The van der Waals surface area contributed by atoms with Gasteiger partial charge in [0.05, 0.1) is 13.0 Å². The normalized spacial score (nSPS) is 13.4. The molecule has 150 valence electrons. The van der Waals surface area contributed by atoms with E-state index in [1.807, 2.05) is 25.1 Å². The van der Waals surface area contributed by atoms with Crippen LogP contribution in [-0.4, -0.2) is 26.4 Å². The van der Waals surface area contributed by atoms with E-state index in [1.54, 1.807) is 6.92 Å². The van der Waals surface area contributed by atoms with Gasteiger partial charge in [0, 0.05) is 36.8 Å². The minimum Gasteiger partial charge on any atom is -0.348 e. The van der Waals surface area contributed by atoms with Crippen LogP contribution in [-0.2, 0) is 30.7 Å². The van der Waals surface area contributed by atoms with Crippen molar-refractivity contribution in [2.75, 3.05) is 0 Å². The summed E-state index contributed by atoms with van der Waals surface area (Å²) in [5.74, 6) is 0.876. The maximum Gasteiger partial charge on any atom is 0.224 e. The molecule has 2 aromatic heterocycles. The van der Waals surface area contributed by atoms with Crippen LogP contribution in [0.15, 0.2) is 34.9 Å². The molecule has 3 aromatic rings. The number of rotatable bonds is 6. The average Bonchev–Trinajstić information content (AvgIpc) is 3.24. The number of amides is 1. The maximum atomic E-state index is 12.7. The molecule has 0 saturated heterocycles. The second-order valence-electron chi connectivity index (χ2n) is 7.42. The molecule has 0 spiro atoms. The Kier molecular flexibility index (Phi) is 5.29. The Morgan fingerprint density at radius 3 is 2.72 bits per heavy atom. The van der Waals surface area contributed by atoms with Gasteiger partial charge in [-0.05, 0) is 30.9 Å². The van der Waals surface area contributed by atoms with Crippen molar-refractivity contribution in [2.45, 2.75) is 52.6 Å². The quantitative estimate of drug-likeness (QED) is 0.697. The first-order valence-electron chi connectivity index (χ1n) is 9.86. The zero-order valence-electron chi connectivity index (χ0n) is 16.7. The minimum atomic E-state index is -0.159. The lowest BCUT2D eigenvalue weighted by molar-refractivity contribution is -0.120. The summed E-state index contributed by atoms with van der Waals surface area (Å²) < 4.78 is 7.12. The monoisotopic (exact) mass is 392 g/mol. The van der Waals surface area contributed by atoms with Gasteiger partial charge in [-0.2, -0.15) is 4.98 Å². The Morgan fingerprint density at radius 2 is 2.00 bits per heavy atom. The number of aryl methyl sites for hydroxylation is 1. The van der Waals surface area contributed by atoms with E-state index >= 15 is 0 Å². The lowest BCUT2D eigenvalue weighted by Crippen LogP contribution is -2.26. The van der Waals surface area contributed by atoms with Crippen LogP contribution in [0.25, 0.3) is 0 Å². The summed E-state index contributed by atoms with van der Waals surface area (Å²) in [7, 11) is 0. The molecular weight excluding hydrogens is 368 g/mol. The summed E-state index contributed by atoms with van der Waals surface area (Å²) in [5.41, 5.74) is 4.80. The van der Waals surface area contributed by atoms with Crippen molar-refractivity contribution < 1.29 is 14.1 Å². The fourth-order valence-corrected chi connectivity index (χ4v) is 4.00. The molecule has 0 atom stereocenters. The average molecular weight is 392 g/mol. The Balaban J connectivity index is 1.58. The largest absolute Gasteiger partial charge is 0.348 e. The Hall–Kier alpha value is -3.22. The van der Waals surface area contributed by atoms with E-state index in [0.29, 0.717) is 24.7 Å². The Bertz CT molecular complexity index is 1050. The number of hydrogen-bond donors (Lipinski definition) is 1. The number of hydrogen-bond acceptors (Lipinski definition) is 5. The first-order chi connectivity index (χ1) is 14.0. The van der Waals surface area contributed by atoms with Gasteiger partial charge in [0.2, 0.25) is 11.8 Å². The standard InChI is InChI=1S/C22H24N4O3/c1-14-17(11-21(28)23-12-20-24-15(2)29-25-20)22-18(9-6-10-19(22)27)26(14)13-16-7-4-3-5-8-16/h3-5,7-8H,6,9-13H2,1-2H3,(H,23,28). The highest BCUT2D eigenvalue weighted by Gasteiger charge is 2.29. The van der Waals surface area contributed by atoms with Crippen LogP contribution in [0.2, 0.25) is 0 Å². The molecule has 29 heavy (non-hydrogen) atoms. The highest BCUT2D eigenvalue weighted by atomic mass is 16.5. The van der Waals surface area contributed by atoms with E-state index < -0.39 is 0 Å². The second kappa shape index (κ2) is 8.03. The summed E-state index contributed by atoms with van der Waals surface area (Å²) in [5, 5.41) is 6.61. The minimum absolute atomic E-state index is 0.137. The zero-order valence-corrected chi connectivity index (χ0v) is 16.7. The van der Waals surface area contributed by atoms with Crippen molar-refractivity contribution in [3.63, 3.8) is 0 Å². The molecule has 0 bridgehead atoms. The summed E-state index contributed by atoms with van der Waals surface area (Å²) >= 11 is 0. The molecule has 0 saturated carbocycles. The number of benzene rings is 1. The van der Waals surface area contributed by atoms with E-state index in [4.69, 9.17) is 4.52 Å². The number of nitrogens with one attached hydrogen (secondary N) is 1. The van der Waals surface area contributed by atoms with Crippen LogP contribution < -0.4 is 5.32 Å². The van der Waals surface area contributed by atoms with Crippen LogP contribution in [0.1, 0.15) is 57.4 Å². The smallest absolute Gasteiger partial charge is 0.224 e. The van der Waals surface area contributed by atoms with E-state index in [2.05, 4.69) is 32.2 Å². The molecule has 1 amide bonds. The summed E-state index contributed by atoms with van der Waals surface area (Å²) in [4.78, 5) is 29.4. The summed E-state index contributed by atoms with van der Waals surface area (Å²) in [6.07, 6.45) is 2.42. The number of fused-ring (bicyclic) bond motifs is 1. The molecule has 0 fully saturated rings. The number of Topliss-reactive ketones (excluding diaryl/α,β-unsaturated/α-hetero) is 1. The van der Waals surface area contributed by atoms with Crippen LogP contribution in [0, 0.1) is 13.8 Å². The number of nitrogens with zero attached hydrogens (tertiary/aromatic N) is 3. The lowest BCUT2D eigenvalue weighted by atomic mass is 9.92. The highest BCUT2D eigenvalue weighted by molar-refractivity contribution is 6.01. The van der Waals surface area contributed by atoms with Crippen LogP contribution in [0.5, 0.6) is 0 Å². The first kappa shape index (κ1) is 19.1. The lowest BCUT2D eigenvalue weighted by Gasteiger charge is -2.16. The molecule has 1 aliphatic carbocycles. The van der Waals surface area contributed by atoms with Crippen molar-refractivity contribution in [1.82, 2.24) is 20.0 Å². The maximum absolute atomic E-state index is 12.7. The van der Waals surface area contributed by atoms with Crippen molar-refractivity contribution in [2.24, 2.45) is 0 Å². The van der Waals surface area contributed by atoms with Gasteiger partial charge in [0.25, 0.3) is 0 Å². The van der Waals surface area contributed by atoms with E-state index in [9.17, 15) is 9.59 Å². The van der Waals surface area contributed by atoms with E-state index in [0.717, 1.165) is 35.4 Å². The summed E-state index contributed by atoms with van der Waals surface area (Å²) in [6.45, 7) is 4.61. The third-order valence-electron chi connectivity index (χ3n) is 5.39. The summed E-state index contributed by atoms with van der Waals surface area (Å²) in [6, 6.07) is 10.2. The number of aromatic nitrogens is 3. The van der Waals surface area contributed by atoms with Gasteiger partial charge in [-0.3, -0.25) is 9.59 Å². The number of carbonyl (C=O) groups is 2. The van der Waals surface area contributed by atoms with Gasteiger partial charge < -0.3 is 14.4 Å². The van der Waals surface area contributed by atoms with Gasteiger partial charge >= 0.3 is 0 Å². The molecule has 7 heteroatoms. The van der Waals surface area contributed by atoms with Crippen molar-refractivity contribution >= 4 is 11.7 Å². The molecule has 1 aromatic carbocycles. The predicted molar refractivity (Wildman–Crippen MR) is 107 cm³/mol. The van der Waals surface area contributed by atoms with Gasteiger partial charge in [0.15, 0.2) is 11.6 Å². The molecular formula is C22H24N4O3. The SMILES string of the molecule is Cc1nc(CNC(=O)Cc2c3c(n(Cc4ccccc4)c2C)CCCC3=O)no1. The van der Waals surface area contributed by atoms with Crippen molar-refractivity contribution in [3.05, 3.63) is 70.1 Å². The van der Waals surface area contributed by atoms with Gasteiger partial charge in [-0.25, -0.2) is 0 Å². The Labute approximate surface area is 169 Å². The van der Waals surface area contributed by atoms with Crippen molar-refractivity contribution in [3.8, 4) is 0 Å². The van der Waals surface area contributed by atoms with E-state index in [-0.39, 0.29) is 24.7 Å². The molecule has 0 aliphatic heterocycles. The molecule has 2 heterocycles. The van der Waals surface area contributed by atoms with Gasteiger partial charge in [0.1, 0.15) is 0 Å². The third-order valence-corrected chi connectivity index (χ3v) is 5.39. The molecule has 1 aliphatic rings. The molecule has 4 rings (SSSR count). The van der Waals surface area contributed by atoms with Crippen LogP contribution >= 0.6 is 0 Å². The van der Waals surface area contributed by atoms with Gasteiger partial charge in [-0.1, -0.05) is 35.5 Å². The van der Waals surface area contributed by atoms with Gasteiger partial charge in [-0.15, -0.1) is 0 Å². The van der Waals surface area contributed by atoms with Crippen molar-refractivity contribution in [1.29, 1.82) is 0 Å². The zero-order chi connectivity index (χ0) is 20.4. The fourth-order valence-electron chi connectivity index (χ4n) is 4.00. The Morgan fingerprint density at radius 1 is 1.21 bits per heavy atom. The van der Waals surface area contributed by atoms with Crippen LogP contribution in [0.4, 0.5) is 0 Å². The molecule has 1 N–H and O–H groups in total. The predicted octanol–water partition coefficient (Wildman–Crippen LogP) is 2.91. The molecule has 0 unspecified atom stereocenters. The molecule has 7 nitrogen and oxygen atoms in total. The van der Waals surface area contributed by atoms with E-state index in [1.165, 1.54) is 5.56 Å². The topological polar surface area (TPSA) is 90.0 Å². The fraction of sp³-hybridized carbons (Fsp3) is 0.364. The number of ketones is 1. The molecule has 0 radical (unpaired) electrons. The van der Waals surface area contributed by atoms with Crippen LogP contribution in [0.3, 0.4) is 0 Å². The second-order valence-corrected chi connectivity index (χ2v) is 7.42. The third kappa shape index (κ3) is 3.99. The highest BCUT2D eigenvalue weighted by Crippen LogP contribution is 2.31. The first-order valence-corrected chi connectivity index (χ1v) is 9.86. The number of carbonyl (C=O) groups excluding carboxylic acids is 2.